The van der Waals surface area contributed by atoms with Gasteiger partial charge in [-0.05, 0) is 36.2 Å². The van der Waals surface area contributed by atoms with Crippen molar-refractivity contribution in [3.8, 4) is 0 Å². The first kappa shape index (κ1) is 13.2. The largest absolute Gasteiger partial charge is 0.444 e. The van der Waals surface area contributed by atoms with Crippen LogP contribution in [0.1, 0.15) is 16.8 Å². The highest BCUT2D eigenvalue weighted by atomic mass is 35.5. The standard InChI is InChI=1S/C16H15ClN2O/c1-11-5-4-8-19-14(11)10-18-9-13-12-6-2-3-7-15(12)20-16(13)17/h2-8,18H,9-10H2,1H3. The number of fused-ring (bicyclic) bond motifs is 1. The van der Waals surface area contributed by atoms with Gasteiger partial charge in [-0.25, -0.2) is 0 Å². The first-order chi connectivity index (χ1) is 9.75. The van der Waals surface area contributed by atoms with E-state index in [0.29, 0.717) is 18.3 Å². The fourth-order valence-corrected chi connectivity index (χ4v) is 2.49. The molecule has 0 saturated heterocycles. The number of rotatable bonds is 4. The van der Waals surface area contributed by atoms with Gasteiger partial charge in [0.15, 0.2) is 5.22 Å². The van der Waals surface area contributed by atoms with Crippen molar-refractivity contribution in [1.29, 1.82) is 0 Å². The molecule has 0 aliphatic rings. The molecule has 2 heterocycles. The summed E-state index contributed by atoms with van der Waals surface area (Å²) in [7, 11) is 0. The average Bonchev–Trinajstić information content (AvgIpc) is 2.77. The molecule has 3 aromatic rings. The maximum Gasteiger partial charge on any atom is 0.199 e. The van der Waals surface area contributed by atoms with Crippen LogP contribution < -0.4 is 5.32 Å². The molecule has 3 nitrogen and oxygen atoms in total. The van der Waals surface area contributed by atoms with Crippen molar-refractivity contribution in [3.05, 3.63) is 64.6 Å². The minimum absolute atomic E-state index is 0.455. The van der Waals surface area contributed by atoms with Gasteiger partial charge in [0.2, 0.25) is 0 Å². The summed E-state index contributed by atoms with van der Waals surface area (Å²) in [6, 6.07) is 11.9. The van der Waals surface area contributed by atoms with Gasteiger partial charge in [-0.1, -0.05) is 24.3 Å². The van der Waals surface area contributed by atoms with E-state index in [4.69, 9.17) is 16.0 Å². The van der Waals surface area contributed by atoms with Crippen LogP contribution in [-0.2, 0) is 13.1 Å². The fraction of sp³-hybridized carbons (Fsp3) is 0.188. The third kappa shape index (κ3) is 2.55. The molecule has 0 aliphatic heterocycles. The number of hydrogen-bond acceptors (Lipinski definition) is 3. The van der Waals surface area contributed by atoms with Crippen molar-refractivity contribution in [2.24, 2.45) is 0 Å². The zero-order valence-electron chi connectivity index (χ0n) is 11.2. The summed E-state index contributed by atoms with van der Waals surface area (Å²) in [5.74, 6) is 0. The molecule has 2 aromatic heterocycles. The van der Waals surface area contributed by atoms with Gasteiger partial charge in [-0.3, -0.25) is 4.98 Å². The molecule has 3 rings (SSSR count). The van der Waals surface area contributed by atoms with Gasteiger partial charge < -0.3 is 9.73 Å². The van der Waals surface area contributed by atoms with Gasteiger partial charge >= 0.3 is 0 Å². The summed E-state index contributed by atoms with van der Waals surface area (Å²) in [5.41, 5.74) is 4.05. The Morgan fingerprint density at radius 3 is 2.85 bits per heavy atom. The Hall–Kier alpha value is -1.84. The molecule has 0 spiro atoms. The molecule has 20 heavy (non-hydrogen) atoms. The lowest BCUT2D eigenvalue weighted by molar-refractivity contribution is 0.602. The molecule has 1 aromatic carbocycles. The van der Waals surface area contributed by atoms with Crippen LogP contribution in [0.4, 0.5) is 0 Å². The summed E-state index contributed by atoms with van der Waals surface area (Å²) in [6.07, 6.45) is 1.81. The lowest BCUT2D eigenvalue weighted by atomic mass is 10.1. The Morgan fingerprint density at radius 2 is 2.00 bits per heavy atom. The van der Waals surface area contributed by atoms with E-state index in [1.165, 1.54) is 5.56 Å². The van der Waals surface area contributed by atoms with Crippen molar-refractivity contribution >= 4 is 22.6 Å². The molecule has 0 bridgehead atoms. The van der Waals surface area contributed by atoms with Crippen molar-refractivity contribution in [1.82, 2.24) is 10.3 Å². The Bertz CT molecular complexity index is 736. The number of pyridine rings is 1. The monoisotopic (exact) mass is 286 g/mol. The molecular weight excluding hydrogens is 272 g/mol. The van der Waals surface area contributed by atoms with E-state index >= 15 is 0 Å². The lowest BCUT2D eigenvalue weighted by Gasteiger charge is -2.06. The Labute approximate surface area is 122 Å². The highest BCUT2D eigenvalue weighted by Gasteiger charge is 2.11. The molecule has 0 fully saturated rings. The number of para-hydroxylation sites is 1. The van der Waals surface area contributed by atoms with Gasteiger partial charge in [0.05, 0.1) is 5.69 Å². The van der Waals surface area contributed by atoms with Crippen LogP contribution in [0.2, 0.25) is 5.22 Å². The lowest BCUT2D eigenvalue weighted by Crippen LogP contribution is -2.14. The van der Waals surface area contributed by atoms with Gasteiger partial charge in [0, 0.05) is 30.2 Å². The van der Waals surface area contributed by atoms with Crippen LogP contribution >= 0.6 is 11.6 Å². The zero-order chi connectivity index (χ0) is 13.9. The summed E-state index contributed by atoms with van der Waals surface area (Å²) in [5, 5.41) is 4.88. The normalized spacial score (nSPS) is 11.1. The number of furan rings is 1. The number of nitrogens with one attached hydrogen (secondary N) is 1. The summed E-state index contributed by atoms with van der Waals surface area (Å²) < 4.78 is 5.54. The van der Waals surface area contributed by atoms with E-state index in [1.807, 2.05) is 36.5 Å². The van der Waals surface area contributed by atoms with Gasteiger partial charge in [-0.15, -0.1) is 0 Å². The summed E-state index contributed by atoms with van der Waals surface area (Å²) >= 11 is 6.16. The maximum absolute atomic E-state index is 6.16. The molecule has 0 unspecified atom stereocenters. The van der Waals surface area contributed by atoms with E-state index in [9.17, 15) is 0 Å². The molecule has 0 amide bonds. The Morgan fingerprint density at radius 1 is 1.15 bits per heavy atom. The van der Waals surface area contributed by atoms with Gasteiger partial charge in [0.1, 0.15) is 5.58 Å². The Balaban J connectivity index is 1.74. The van der Waals surface area contributed by atoms with Crippen LogP contribution in [0, 0.1) is 6.92 Å². The second-order valence-corrected chi connectivity index (χ2v) is 5.06. The van der Waals surface area contributed by atoms with Crippen LogP contribution in [-0.4, -0.2) is 4.98 Å². The molecule has 4 heteroatoms. The quantitative estimate of drug-likeness (QED) is 0.785. The van der Waals surface area contributed by atoms with Crippen LogP contribution in [0.15, 0.2) is 47.0 Å². The highest BCUT2D eigenvalue weighted by molar-refractivity contribution is 6.30. The first-order valence-corrected chi connectivity index (χ1v) is 6.90. The number of hydrogen-bond donors (Lipinski definition) is 1. The fourth-order valence-electron chi connectivity index (χ4n) is 2.24. The Kier molecular flexibility index (Phi) is 3.72. The first-order valence-electron chi connectivity index (χ1n) is 6.53. The molecule has 0 aliphatic carbocycles. The predicted molar refractivity (Wildman–Crippen MR) is 80.7 cm³/mol. The summed E-state index contributed by atoms with van der Waals surface area (Å²) in [6.45, 7) is 3.43. The molecule has 0 atom stereocenters. The van der Waals surface area contributed by atoms with E-state index in [1.54, 1.807) is 0 Å². The minimum Gasteiger partial charge on any atom is -0.444 e. The molecule has 1 N–H and O–H groups in total. The topological polar surface area (TPSA) is 38.1 Å². The molecular formula is C16H15ClN2O. The van der Waals surface area contributed by atoms with Crippen molar-refractivity contribution in [2.75, 3.05) is 0 Å². The molecule has 0 radical (unpaired) electrons. The molecule has 102 valence electrons. The van der Waals surface area contributed by atoms with Crippen LogP contribution in [0.25, 0.3) is 11.0 Å². The van der Waals surface area contributed by atoms with E-state index < -0.39 is 0 Å². The number of aryl methyl sites for hydroxylation is 1. The average molecular weight is 287 g/mol. The van der Waals surface area contributed by atoms with Gasteiger partial charge in [-0.2, -0.15) is 0 Å². The highest BCUT2D eigenvalue weighted by Crippen LogP contribution is 2.29. The van der Waals surface area contributed by atoms with Crippen molar-refractivity contribution in [2.45, 2.75) is 20.0 Å². The van der Waals surface area contributed by atoms with E-state index in [-0.39, 0.29) is 0 Å². The second kappa shape index (κ2) is 5.65. The van der Waals surface area contributed by atoms with Crippen LogP contribution in [0.3, 0.4) is 0 Å². The number of aromatic nitrogens is 1. The van der Waals surface area contributed by atoms with Gasteiger partial charge in [0.25, 0.3) is 0 Å². The predicted octanol–water partition coefficient (Wildman–Crippen LogP) is 4.08. The SMILES string of the molecule is Cc1cccnc1CNCc1c(Cl)oc2ccccc12. The van der Waals surface area contributed by atoms with Crippen LogP contribution in [0.5, 0.6) is 0 Å². The number of halogens is 1. The van der Waals surface area contributed by atoms with E-state index in [2.05, 4.69) is 23.3 Å². The third-order valence-electron chi connectivity index (χ3n) is 3.36. The third-order valence-corrected chi connectivity index (χ3v) is 3.67. The second-order valence-electron chi connectivity index (χ2n) is 4.72. The zero-order valence-corrected chi connectivity index (χ0v) is 11.9. The number of benzene rings is 1. The van der Waals surface area contributed by atoms with Crippen molar-refractivity contribution < 1.29 is 4.42 Å². The number of nitrogens with zero attached hydrogens (tertiary/aromatic N) is 1. The van der Waals surface area contributed by atoms with E-state index in [0.717, 1.165) is 22.2 Å². The smallest absolute Gasteiger partial charge is 0.199 e. The maximum atomic E-state index is 6.16. The molecule has 0 saturated carbocycles. The summed E-state index contributed by atoms with van der Waals surface area (Å²) in [4.78, 5) is 4.36. The minimum atomic E-state index is 0.455. The van der Waals surface area contributed by atoms with Crippen molar-refractivity contribution in [3.63, 3.8) is 0 Å².